The average molecular weight is 270 g/mol. The van der Waals surface area contributed by atoms with Gasteiger partial charge in [-0.25, -0.2) is 9.59 Å². The van der Waals surface area contributed by atoms with Gasteiger partial charge in [0.05, 0.1) is 0 Å². The number of hydrogen-bond acceptors (Lipinski definition) is 2. The first-order chi connectivity index (χ1) is 8.72. The van der Waals surface area contributed by atoms with Crippen molar-refractivity contribution in [3.63, 3.8) is 0 Å². The Morgan fingerprint density at radius 1 is 1.05 bits per heavy atom. The van der Waals surface area contributed by atoms with Crippen molar-refractivity contribution in [2.75, 3.05) is 0 Å². The van der Waals surface area contributed by atoms with Gasteiger partial charge in [-0.3, -0.25) is 0 Å². The highest BCUT2D eigenvalue weighted by molar-refractivity contribution is 5.86. The second kappa shape index (κ2) is 11.5. The van der Waals surface area contributed by atoms with Crippen LogP contribution in [0.4, 0.5) is 0 Å². The number of aliphatic carboxylic acids is 2. The van der Waals surface area contributed by atoms with Crippen LogP contribution in [0.3, 0.4) is 0 Å². The molecule has 0 aliphatic heterocycles. The lowest BCUT2D eigenvalue weighted by molar-refractivity contribution is -0.133. The maximum atomic E-state index is 10.2. The van der Waals surface area contributed by atoms with E-state index in [9.17, 15) is 9.59 Å². The molecule has 4 heteroatoms. The van der Waals surface area contributed by atoms with Gasteiger partial charge in [0.1, 0.15) is 0 Å². The molecule has 0 unspecified atom stereocenters. The van der Waals surface area contributed by atoms with E-state index in [4.69, 9.17) is 10.2 Å². The molecule has 0 aromatic carbocycles. The van der Waals surface area contributed by atoms with Crippen molar-refractivity contribution in [1.29, 1.82) is 0 Å². The lowest BCUT2D eigenvalue weighted by Crippen LogP contribution is -1.97. The zero-order chi connectivity index (χ0) is 15.4. The van der Waals surface area contributed by atoms with Crippen molar-refractivity contribution in [2.24, 2.45) is 5.92 Å². The molecule has 0 amide bonds. The monoisotopic (exact) mass is 270 g/mol. The molecule has 0 aliphatic carbocycles. The zero-order valence-electron chi connectivity index (χ0n) is 12.6. The van der Waals surface area contributed by atoms with Crippen LogP contribution in [-0.4, -0.2) is 22.2 Å². The van der Waals surface area contributed by atoms with Crippen LogP contribution in [0.5, 0.6) is 0 Å². The van der Waals surface area contributed by atoms with Crippen LogP contribution in [0.2, 0.25) is 0 Å². The van der Waals surface area contributed by atoms with Gasteiger partial charge in [0.25, 0.3) is 0 Å². The molecule has 0 atom stereocenters. The Balaban J connectivity index is 0. The van der Waals surface area contributed by atoms with E-state index in [1.165, 1.54) is 0 Å². The summed E-state index contributed by atoms with van der Waals surface area (Å²) in [6.07, 6.45) is 6.57. The maximum Gasteiger partial charge on any atom is 0.330 e. The van der Waals surface area contributed by atoms with Gasteiger partial charge in [-0.2, -0.15) is 0 Å². The number of carboxylic acid groups (broad SMARTS) is 2. The fourth-order valence-electron chi connectivity index (χ4n) is 1.18. The van der Waals surface area contributed by atoms with E-state index in [0.29, 0.717) is 17.1 Å². The zero-order valence-corrected chi connectivity index (χ0v) is 12.6. The van der Waals surface area contributed by atoms with Gasteiger partial charge < -0.3 is 10.2 Å². The summed E-state index contributed by atoms with van der Waals surface area (Å²) in [5.74, 6) is -1.32. The number of allylic oxidation sites excluding steroid dienone is 2. The number of carbonyl (C=O) groups is 2. The Bertz CT molecular complexity index is 338. The average Bonchev–Trinajstić information content (AvgIpc) is 2.28. The van der Waals surface area contributed by atoms with Crippen molar-refractivity contribution >= 4 is 11.9 Å². The highest BCUT2D eigenvalue weighted by Crippen LogP contribution is 2.01. The summed E-state index contributed by atoms with van der Waals surface area (Å²) in [5.41, 5.74) is 0.874. The molecule has 0 radical (unpaired) electrons. The van der Waals surface area contributed by atoms with Crippen molar-refractivity contribution in [3.8, 4) is 0 Å². The molecular weight excluding hydrogens is 244 g/mol. The third-order valence-corrected chi connectivity index (χ3v) is 2.27. The van der Waals surface area contributed by atoms with E-state index in [0.717, 1.165) is 19.3 Å². The van der Waals surface area contributed by atoms with Crippen LogP contribution in [-0.2, 0) is 9.59 Å². The maximum absolute atomic E-state index is 10.2. The summed E-state index contributed by atoms with van der Waals surface area (Å²) in [5, 5.41) is 16.8. The summed E-state index contributed by atoms with van der Waals surface area (Å²) in [6, 6.07) is 0. The summed E-state index contributed by atoms with van der Waals surface area (Å²) in [7, 11) is 0. The topological polar surface area (TPSA) is 74.6 Å². The van der Waals surface area contributed by atoms with E-state index in [1.807, 2.05) is 13.8 Å². The molecule has 2 N–H and O–H groups in total. The molecule has 0 aromatic rings. The van der Waals surface area contributed by atoms with E-state index >= 15 is 0 Å². The van der Waals surface area contributed by atoms with Gasteiger partial charge in [-0.05, 0) is 26.2 Å². The van der Waals surface area contributed by atoms with Crippen molar-refractivity contribution < 1.29 is 19.8 Å². The number of carboxylic acids is 2. The third-order valence-electron chi connectivity index (χ3n) is 2.27. The van der Waals surface area contributed by atoms with Crippen LogP contribution < -0.4 is 0 Å². The van der Waals surface area contributed by atoms with Crippen LogP contribution >= 0.6 is 0 Å². The minimum atomic E-state index is -0.830. The summed E-state index contributed by atoms with van der Waals surface area (Å²) < 4.78 is 0. The van der Waals surface area contributed by atoms with Gasteiger partial charge in [-0.15, -0.1) is 0 Å². The fourth-order valence-corrected chi connectivity index (χ4v) is 1.18. The predicted molar refractivity (Wildman–Crippen MR) is 77.1 cm³/mol. The van der Waals surface area contributed by atoms with Gasteiger partial charge in [0.2, 0.25) is 0 Å². The lowest BCUT2D eigenvalue weighted by Gasteiger charge is -1.95. The summed E-state index contributed by atoms with van der Waals surface area (Å²) in [6.45, 7) is 9.21. The van der Waals surface area contributed by atoms with Crippen LogP contribution in [0.15, 0.2) is 23.3 Å². The van der Waals surface area contributed by atoms with Gasteiger partial charge in [-0.1, -0.05) is 45.8 Å². The third kappa shape index (κ3) is 14.4. The first kappa shape index (κ1) is 19.8. The summed E-state index contributed by atoms with van der Waals surface area (Å²) in [4.78, 5) is 20.4. The second-order valence-electron chi connectivity index (χ2n) is 4.73. The number of hydrogen-bond donors (Lipinski definition) is 2. The quantitative estimate of drug-likeness (QED) is 0.567. The molecule has 0 heterocycles. The Morgan fingerprint density at radius 2 is 1.53 bits per heavy atom. The van der Waals surface area contributed by atoms with Crippen LogP contribution in [0, 0.1) is 5.92 Å². The smallest absolute Gasteiger partial charge is 0.330 e. The van der Waals surface area contributed by atoms with Crippen molar-refractivity contribution in [2.45, 2.75) is 53.9 Å². The predicted octanol–water partition coefficient (Wildman–Crippen LogP) is 3.88. The molecule has 0 saturated carbocycles. The standard InChI is InChI=1S/C8H14O2.C7H12O2/c1-3-4-5-6-7(2)8(9)10;1-5(2)4-6(3)7(8)9/h6H,3-5H2,1-2H3,(H,9,10);4-5H,1-3H3,(H,8,9)/b7-6+;6-4+. The molecule has 0 saturated heterocycles. The summed E-state index contributed by atoms with van der Waals surface area (Å²) >= 11 is 0. The highest BCUT2D eigenvalue weighted by Gasteiger charge is 1.98. The lowest BCUT2D eigenvalue weighted by atomic mass is 10.1. The van der Waals surface area contributed by atoms with E-state index in [-0.39, 0.29) is 0 Å². The minimum Gasteiger partial charge on any atom is -0.478 e. The molecule has 0 aromatic heterocycles. The van der Waals surface area contributed by atoms with E-state index in [2.05, 4.69) is 6.92 Å². The largest absolute Gasteiger partial charge is 0.478 e. The van der Waals surface area contributed by atoms with Gasteiger partial charge in [0, 0.05) is 11.1 Å². The first-order valence-corrected chi connectivity index (χ1v) is 6.54. The van der Waals surface area contributed by atoms with Gasteiger partial charge in [0.15, 0.2) is 0 Å². The highest BCUT2D eigenvalue weighted by atomic mass is 16.4. The van der Waals surface area contributed by atoms with E-state index < -0.39 is 11.9 Å². The number of rotatable bonds is 6. The van der Waals surface area contributed by atoms with E-state index in [1.54, 1.807) is 26.0 Å². The molecule has 4 nitrogen and oxygen atoms in total. The Hall–Kier alpha value is -1.58. The number of unbranched alkanes of at least 4 members (excludes halogenated alkanes) is 2. The molecule has 0 spiro atoms. The Labute approximate surface area is 115 Å². The van der Waals surface area contributed by atoms with Crippen LogP contribution in [0.1, 0.15) is 53.9 Å². The van der Waals surface area contributed by atoms with Gasteiger partial charge >= 0.3 is 11.9 Å². The molecular formula is C15H26O4. The first-order valence-electron chi connectivity index (χ1n) is 6.54. The molecule has 0 aliphatic rings. The van der Waals surface area contributed by atoms with Crippen molar-refractivity contribution in [3.05, 3.63) is 23.3 Å². The molecule has 19 heavy (non-hydrogen) atoms. The molecule has 0 fully saturated rings. The van der Waals surface area contributed by atoms with Crippen molar-refractivity contribution in [1.82, 2.24) is 0 Å². The molecule has 0 rings (SSSR count). The molecule has 110 valence electrons. The fraction of sp³-hybridized carbons (Fsp3) is 0.600. The minimum absolute atomic E-state index is 0.320. The Morgan fingerprint density at radius 3 is 1.79 bits per heavy atom. The normalized spacial score (nSPS) is 11.9. The SMILES string of the molecule is C/C(=C\C(C)C)C(=O)O.CCCC/C=C(\C)C(=O)O. The Kier molecular flexibility index (Phi) is 12.0. The molecule has 0 bridgehead atoms. The second-order valence-corrected chi connectivity index (χ2v) is 4.73. The van der Waals surface area contributed by atoms with Crippen LogP contribution in [0.25, 0.3) is 0 Å².